The molecule has 1 saturated carbocycles. The van der Waals surface area contributed by atoms with Crippen molar-refractivity contribution in [2.75, 3.05) is 0 Å². The fraction of sp³-hybridized carbons (Fsp3) is 0.467. The number of benzene rings is 1. The lowest BCUT2D eigenvalue weighted by Gasteiger charge is -2.34. The van der Waals surface area contributed by atoms with Gasteiger partial charge in [-0.05, 0) is 31.4 Å². The van der Waals surface area contributed by atoms with Gasteiger partial charge in [0.15, 0.2) is 0 Å². The fourth-order valence-electron chi connectivity index (χ4n) is 2.97. The van der Waals surface area contributed by atoms with Gasteiger partial charge in [0, 0.05) is 10.8 Å². The molecule has 2 aromatic rings. The third-order valence-corrected chi connectivity index (χ3v) is 4.29. The molecule has 0 amide bonds. The molecule has 1 fully saturated rings. The summed E-state index contributed by atoms with van der Waals surface area (Å²) in [5.41, 5.74) is -0.0639. The molecule has 1 aliphatic rings. The minimum absolute atomic E-state index is 0.110. The van der Waals surface area contributed by atoms with Gasteiger partial charge in [0.25, 0.3) is 0 Å². The molecule has 1 aromatic carbocycles. The molecule has 1 aromatic heterocycles. The molecule has 0 aliphatic heterocycles. The maximum absolute atomic E-state index is 10.9. The summed E-state index contributed by atoms with van der Waals surface area (Å²) < 4.78 is 5.84. The van der Waals surface area contributed by atoms with Gasteiger partial charge in [-0.1, -0.05) is 32.0 Å². The summed E-state index contributed by atoms with van der Waals surface area (Å²) in [4.78, 5) is 0. The van der Waals surface area contributed by atoms with Crippen LogP contribution in [0.1, 0.15) is 38.9 Å². The quantitative estimate of drug-likeness (QED) is 0.807. The molecule has 2 heteroatoms. The van der Waals surface area contributed by atoms with Gasteiger partial charge >= 0.3 is 0 Å². The van der Waals surface area contributed by atoms with E-state index in [2.05, 4.69) is 13.8 Å². The van der Waals surface area contributed by atoms with Crippen LogP contribution in [0.4, 0.5) is 0 Å². The number of hydrogen-bond donors (Lipinski definition) is 1. The molecule has 0 bridgehead atoms. The molecule has 1 unspecified atom stereocenters. The lowest BCUT2D eigenvalue weighted by Crippen LogP contribution is -2.36. The summed E-state index contributed by atoms with van der Waals surface area (Å²) in [6, 6.07) is 9.91. The minimum atomic E-state index is -0.813. The summed E-state index contributed by atoms with van der Waals surface area (Å²) in [7, 11) is 0. The van der Waals surface area contributed by atoms with Crippen molar-refractivity contribution < 1.29 is 9.52 Å². The van der Waals surface area contributed by atoms with Gasteiger partial charge in [0.2, 0.25) is 0 Å². The molecule has 3 rings (SSSR count). The third kappa shape index (κ3) is 1.44. The second-order valence-electron chi connectivity index (χ2n) is 5.75. The van der Waals surface area contributed by atoms with Crippen molar-refractivity contribution in [2.24, 2.45) is 5.41 Å². The summed E-state index contributed by atoms with van der Waals surface area (Å²) >= 11 is 0. The average Bonchev–Trinajstić information content (AvgIpc) is 2.82. The van der Waals surface area contributed by atoms with Crippen molar-refractivity contribution in [2.45, 2.75) is 38.7 Å². The number of fused-ring (bicyclic) bond motifs is 1. The van der Waals surface area contributed by atoms with Crippen LogP contribution in [0.25, 0.3) is 11.0 Å². The van der Waals surface area contributed by atoms with Crippen molar-refractivity contribution in [1.82, 2.24) is 0 Å². The largest absolute Gasteiger partial charge is 0.458 e. The number of para-hydroxylation sites is 1. The van der Waals surface area contributed by atoms with Gasteiger partial charge in [-0.2, -0.15) is 0 Å². The van der Waals surface area contributed by atoms with Crippen LogP contribution >= 0.6 is 0 Å². The normalized spacial score (nSPS) is 27.7. The van der Waals surface area contributed by atoms with E-state index >= 15 is 0 Å². The molecule has 1 aliphatic carbocycles. The van der Waals surface area contributed by atoms with E-state index < -0.39 is 5.60 Å². The number of aliphatic hydroxyl groups is 1. The molecule has 90 valence electrons. The highest BCUT2D eigenvalue weighted by Crippen LogP contribution is 2.52. The first-order chi connectivity index (χ1) is 8.03. The van der Waals surface area contributed by atoms with Crippen LogP contribution in [0.5, 0.6) is 0 Å². The van der Waals surface area contributed by atoms with Crippen molar-refractivity contribution in [1.29, 1.82) is 0 Å². The maximum atomic E-state index is 10.9. The number of rotatable bonds is 1. The van der Waals surface area contributed by atoms with Crippen molar-refractivity contribution in [3.05, 3.63) is 36.1 Å². The molecule has 0 spiro atoms. The third-order valence-electron chi connectivity index (χ3n) is 4.29. The summed E-state index contributed by atoms with van der Waals surface area (Å²) in [5, 5.41) is 12.0. The molecule has 2 nitrogen and oxygen atoms in total. The van der Waals surface area contributed by atoms with E-state index in [0.29, 0.717) is 0 Å². The monoisotopic (exact) mass is 230 g/mol. The van der Waals surface area contributed by atoms with E-state index in [0.717, 1.165) is 36.0 Å². The second-order valence-corrected chi connectivity index (χ2v) is 5.75. The highest BCUT2D eigenvalue weighted by atomic mass is 16.4. The maximum Gasteiger partial charge on any atom is 0.137 e. The molecule has 1 heterocycles. The van der Waals surface area contributed by atoms with E-state index in [1.54, 1.807) is 0 Å². The van der Waals surface area contributed by atoms with Gasteiger partial charge in [0.1, 0.15) is 16.9 Å². The van der Waals surface area contributed by atoms with Crippen LogP contribution in [-0.4, -0.2) is 5.11 Å². The molecule has 17 heavy (non-hydrogen) atoms. The summed E-state index contributed by atoms with van der Waals surface area (Å²) in [6.07, 6.45) is 2.89. The van der Waals surface area contributed by atoms with Gasteiger partial charge in [-0.15, -0.1) is 0 Å². The van der Waals surface area contributed by atoms with Crippen LogP contribution in [-0.2, 0) is 5.60 Å². The zero-order chi connectivity index (χ0) is 12.1. The van der Waals surface area contributed by atoms with Crippen LogP contribution in [0, 0.1) is 5.41 Å². The topological polar surface area (TPSA) is 33.4 Å². The molecular formula is C15H18O2. The Morgan fingerprint density at radius 2 is 1.94 bits per heavy atom. The Hall–Kier alpha value is -1.28. The standard InChI is InChI=1S/C15H18O2/c1-14(2)8-5-9-15(14,16)13-10-11-6-3-4-7-12(11)17-13/h3-4,6-7,10,16H,5,8-9H2,1-2H3. The lowest BCUT2D eigenvalue weighted by molar-refractivity contribution is -0.0643. The first-order valence-corrected chi connectivity index (χ1v) is 6.24. The Morgan fingerprint density at radius 1 is 1.18 bits per heavy atom. The average molecular weight is 230 g/mol. The lowest BCUT2D eigenvalue weighted by atomic mass is 9.76. The zero-order valence-electron chi connectivity index (χ0n) is 10.4. The van der Waals surface area contributed by atoms with Crippen LogP contribution in [0.15, 0.2) is 34.7 Å². The molecule has 1 N–H and O–H groups in total. The predicted molar refractivity (Wildman–Crippen MR) is 67.7 cm³/mol. The SMILES string of the molecule is CC1(C)CCCC1(O)c1cc2ccccc2o1. The first kappa shape index (κ1) is 10.8. The number of furan rings is 1. The molecule has 1 atom stereocenters. The van der Waals surface area contributed by atoms with Gasteiger partial charge in [-0.25, -0.2) is 0 Å². The van der Waals surface area contributed by atoms with Crippen LogP contribution in [0.3, 0.4) is 0 Å². The Bertz CT molecular complexity index is 520. The van der Waals surface area contributed by atoms with E-state index in [9.17, 15) is 5.11 Å². The molecular weight excluding hydrogens is 212 g/mol. The smallest absolute Gasteiger partial charge is 0.137 e. The van der Waals surface area contributed by atoms with Crippen molar-refractivity contribution >= 4 is 11.0 Å². The zero-order valence-corrected chi connectivity index (χ0v) is 10.4. The van der Waals surface area contributed by atoms with E-state index in [1.807, 2.05) is 30.3 Å². The van der Waals surface area contributed by atoms with Crippen LogP contribution in [0.2, 0.25) is 0 Å². The van der Waals surface area contributed by atoms with E-state index in [-0.39, 0.29) is 5.41 Å². The summed E-state index contributed by atoms with van der Waals surface area (Å²) in [6.45, 7) is 4.24. The van der Waals surface area contributed by atoms with Gasteiger partial charge in [-0.3, -0.25) is 0 Å². The predicted octanol–water partition coefficient (Wildman–Crippen LogP) is 3.83. The summed E-state index contributed by atoms with van der Waals surface area (Å²) in [5.74, 6) is 0.723. The van der Waals surface area contributed by atoms with Crippen molar-refractivity contribution in [3.8, 4) is 0 Å². The molecule has 0 radical (unpaired) electrons. The molecule has 0 saturated heterocycles. The highest BCUT2D eigenvalue weighted by molar-refractivity contribution is 5.78. The van der Waals surface area contributed by atoms with E-state index in [4.69, 9.17) is 4.42 Å². The first-order valence-electron chi connectivity index (χ1n) is 6.24. The Kier molecular flexibility index (Phi) is 2.14. The van der Waals surface area contributed by atoms with Gasteiger partial charge in [0.05, 0.1) is 0 Å². The minimum Gasteiger partial charge on any atom is -0.458 e. The van der Waals surface area contributed by atoms with Crippen LogP contribution < -0.4 is 0 Å². The Balaban J connectivity index is 2.15. The fourth-order valence-corrected chi connectivity index (χ4v) is 2.97. The number of hydrogen-bond acceptors (Lipinski definition) is 2. The Labute approximate surface area is 101 Å². The Morgan fingerprint density at radius 3 is 2.59 bits per heavy atom. The van der Waals surface area contributed by atoms with E-state index in [1.165, 1.54) is 0 Å². The van der Waals surface area contributed by atoms with Crippen molar-refractivity contribution in [3.63, 3.8) is 0 Å². The second kappa shape index (κ2) is 3.36. The highest BCUT2D eigenvalue weighted by Gasteiger charge is 2.50. The van der Waals surface area contributed by atoms with Gasteiger partial charge < -0.3 is 9.52 Å².